The molecule has 0 spiro atoms. The van der Waals surface area contributed by atoms with Crippen molar-refractivity contribution < 1.29 is 0 Å². The maximum absolute atomic E-state index is 7.44. The molecular formula is C32H44BrN. The molecule has 0 aliphatic carbocycles. The van der Waals surface area contributed by atoms with E-state index in [0.717, 1.165) is 6.42 Å². The van der Waals surface area contributed by atoms with E-state index in [2.05, 4.69) is 97.9 Å². The molecule has 0 saturated heterocycles. The van der Waals surface area contributed by atoms with E-state index in [9.17, 15) is 0 Å². The molecular weight excluding hydrogens is 478 g/mol. The first-order valence-electron chi connectivity index (χ1n) is 13.2. The van der Waals surface area contributed by atoms with E-state index in [4.69, 9.17) is 5.73 Å². The number of unbranched alkanes of at least 4 members (excludes halogenated alkanes) is 9. The molecule has 34 heavy (non-hydrogen) atoms. The van der Waals surface area contributed by atoms with Crippen LogP contribution in [0.4, 0.5) is 0 Å². The fourth-order valence-electron chi connectivity index (χ4n) is 5.18. The van der Waals surface area contributed by atoms with E-state index >= 15 is 0 Å². The van der Waals surface area contributed by atoms with Crippen LogP contribution in [0, 0.1) is 0 Å². The first-order chi connectivity index (χ1) is 16.3. The Hall–Kier alpha value is -1.90. The van der Waals surface area contributed by atoms with Crippen LogP contribution in [0.15, 0.2) is 91.0 Å². The molecule has 0 saturated carbocycles. The van der Waals surface area contributed by atoms with Gasteiger partial charge < -0.3 is 5.73 Å². The summed E-state index contributed by atoms with van der Waals surface area (Å²) in [5.74, 6) is 0.234. The van der Waals surface area contributed by atoms with Gasteiger partial charge in [-0.2, -0.15) is 0 Å². The summed E-state index contributed by atoms with van der Waals surface area (Å²) >= 11 is 0. The highest BCUT2D eigenvalue weighted by Gasteiger charge is 2.38. The van der Waals surface area contributed by atoms with Crippen molar-refractivity contribution in [2.45, 2.75) is 89.0 Å². The van der Waals surface area contributed by atoms with Gasteiger partial charge in [0.25, 0.3) is 0 Å². The average Bonchev–Trinajstić information content (AvgIpc) is 2.88. The summed E-state index contributed by atoms with van der Waals surface area (Å²) in [7, 11) is 0. The standard InChI is InChI=1S/C32H43N.BrH/c1-2-3-4-5-6-7-8-9-10-20-27-31(28-21-14-11-15-22-28)32(33,29-23-16-12-17-24-29)30-25-18-13-19-26-30;/h11-19,21-26,31H,2-10,20,27,33H2,1H3;1H. The largest absolute Gasteiger partial charge is 0.317 e. The van der Waals surface area contributed by atoms with Crippen molar-refractivity contribution >= 4 is 17.0 Å². The minimum absolute atomic E-state index is 0. The third-order valence-corrected chi connectivity index (χ3v) is 7.10. The lowest BCUT2D eigenvalue weighted by Gasteiger charge is -2.39. The maximum atomic E-state index is 7.44. The second kappa shape index (κ2) is 15.9. The maximum Gasteiger partial charge on any atom is 0.0735 e. The van der Waals surface area contributed by atoms with Gasteiger partial charge in [0, 0.05) is 5.92 Å². The topological polar surface area (TPSA) is 26.0 Å². The molecule has 2 heteroatoms. The minimum Gasteiger partial charge on any atom is -0.317 e. The van der Waals surface area contributed by atoms with Crippen LogP contribution >= 0.6 is 17.0 Å². The molecule has 0 aliphatic heterocycles. The van der Waals surface area contributed by atoms with E-state index in [0.29, 0.717) is 0 Å². The monoisotopic (exact) mass is 521 g/mol. The molecule has 0 fully saturated rings. The Labute approximate surface area is 219 Å². The predicted molar refractivity (Wildman–Crippen MR) is 154 cm³/mol. The third kappa shape index (κ3) is 8.10. The molecule has 1 unspecified atom stereocenters. The highest BCUT2D eigenvalue weighted by molar-refractivity contribution is 8.93. The second-order valence-electron chi connectivity index (χ2n) is 9.53. The summed E-state index contributed by atoms with van der Waals surface area (Å²) in [5, 5.41) is 0. The molecule has 3 aromatic rings. The molecule has 3 rings (SSSR count). The van der Waals surface area contributed by atoms with Gasteiger partial charge in [-0.25, -0.2) is 0 Å². The molecule has 0 aliphatic rings. The van der Waals surface area contributed by atoms with Crippen molar-refractivity contribution in [2.24, 2.45) is 5.73 Å². The number of benzene rings is 3. The molecule has 0 heterocycles. The minimum atomic E-state index is -0.552. The van der Waals surface area contributed by atoms with E-state index in [1.807, 2.05) is 0 Å². The SMILES string of the molecule is Br.CCCCCCCCCCCCC(c1ccccc1)C(N)(c1ccccc1)c1ccccc1. The van der Waals surface area contributed by atoms with Gasteiger partial charge in [0.1, 0.15) is 0 Å². The van der Waals surface area contributed by atoms with Gasteiger partial charge in [-0.1, -0.05) is 162 Å². The molecule has 184 valence electrons. The molecule has 0 amide bonds. The fraction of sp³-hybridized carbons (Fsp3) is 0.438. The highest BCUT2D eigenvalue weighted by atomic mass is 79.9. The summed E-state index contributed by atoms with van der Waals surface area (Å²) in [6, 6.07) is 32.3. The van der Waals surface area contributed by atoms with Crippen molar-refractivity contribution in [3.8, 4) is 0 Å². The van der Waals surface area contributed by atoms with Crippen LogP contribution in [0.1, 0.15) is 100 Å². The number of nitrogens with two attached hydrogens (primary N) is 1. The summed E-state index contributed by atoms with van der Waals surface area (Å²) in [6.07, 6.45) is 14.6. The van der Waals surface area contributed by atoms with Crippen molar-refractivity contribution in [3.63, 3.8) is 0 Å². The van der Waals surface area contributed by atoms with Gasteiger partial charge in [-0.15, -0.1) is 17.0 Å². The molecule has 0 radical (unpaired) electrons. The number of hydrogen-bond donors (Lipinski definition) is 1. The summed E-state index contributed by atoms with van der Waals surface area (Å²) < 4.78 is 0. The lowest BCUT2D eigenvalue weighted by Crippen LogP contribution is -2.44. The molecule has 2 N–H and O–H groups in total. The molecule has 3 aromatic carbocycles. The number of rotatable bonds is 15. The van der Waals surface area contributed by atoms with Crippen LogP contribution in [0.5, 0.6) is 0 Å². The Morgan fingerprint density at radius 1 is 0.559 bits per heavy atom. The van der Waals surface area contributed by atoms with Crippen LogP contribution in [-0.4, -0.2) is 0 Å². The van der Waals surface area contributed by atoms with Crippen molar-refractivity contribution in [3.05, 3.63) is 108 Å². The Bertz CT molecular complexity index is 839. The molecule has 0 bridgehead atoms. The van der Waals surface area contributed by atoms with Crippen LogP contribution in [-0.2, 0) is 5.54 Å². The van der Waals surface area contributed by atoms with E-state index < -0.39 is 5.54 Å². The predicted octanol–water partition coefficient (Wildman–Crippen LogP) is 9.56. The van der Waals surface area contributed by atoms with Crippen LogP contribution < -0.4 is 5.73 Å². The average molecular weight is 523 g/mol. The second-order valence-corrected chi connectivity index (χ2v) is 9.53. The van der Waals surface area contributed by atoms with Crippen LogP contribution in [0.2, 0.25) is 0 Å². The van der Waals surface area contributed by atoms with E-state index in [1.165, 1.54) is 80.9 Å². The first-order valence-corrected chi connectivity index (χ1v) is 13.2. The lowest BCUT2D eigenvalue weighted by molar-refractivity contribution is 0.385. The van der Waals surface area contributed by atoms with Crippen molar-refractivity contribution in [1.29, 1.82) is 0 Å². The van der Waals surface area contributed by atoms with Gasteiger partial charge in [-0.3, -0.25) is 0 Å². The summed E-state index contributed by atoms with van der Waals surface area (Å²) in [4.78, 5) is 0. The summed E-state index contributed by atoms with van der Waals surface area (Å²) in [5.41, 5.74) is 10.6. The normalized spacial score (nSPS) is 12.2. The Balaban J connectivity index is 0.00000408. The zero-order valence-corrected chi connectivity index (χ0v) is 22.7. The molecule has 1 nitrogen and oxygen atoms in total. The molecule has 1 atom stereocenters. The van der Waals surface area contributed by atoms with Crippen molar-refractivity contribution in [2.75, 3.05) is 0 Å². The highest BCUT2D eigenvalue weighted by Crippen LogP contribution is 2.43. The van der Waals surface area contributed by atoms with Gasteiger partial charge in [0.05, 0.1) is 5.54 Å². The Morgan fingerprint density at radius 2 is 0.941 bits per heavy atom. The Kier molecular flexibility index (Phi) is 13.3. The van der Waals surface area contributed by atoms with Crippen LogP contribution in [0.25, 0.3) is 0 Å². The van der Waals surface area contributed by atoms with Gasteiger partial charge in [0.15, 0.2) is 0 Å². The third-order valence-electron chi connectivity index (χ3n) is 7.10. The fourth-order valence-corrected chi connectivity index (χ4v) is 5.18. The number of hydrogen-bond acceptors (Lipinski definition) is 1. The zero-order valence-electron chi connectivity index (χ0n) is 21.0. The van der Waals surface area contributed by atoms with Gasteiger partial charge >= 0.3 is 0 Å². The smallest absolute Gasteiger partial charge is 0.0735 e. The first kappa shape index (κ1) is 28.3. The van der Waals surface area contributed by atoms with E-state index in [1.54, 1.807) is 0 Å². The van der Waals surface area contributed by atoms with Gasteiger partial charge in [-0.05, 0) is 23.1 Å². The van der Waals surface area contributed by atoms with Crippen LogP contribution in [0.3, 0.4) is 0 Å². The molecule has 0 aromatic heterocycles. The van der Waals surface area contributed by atoms with E-state index in [-0.39, 0.29) is 22.9 Å². The summed E-state index contributed by atoms with van der Waals surface area (Å²) in [6.45, 7) is 2.29. The lowest BCUT2D eigenvalue weighted by atomic mass is 9.69. The van der Waals surface area contributed by atoms with Crippen molar-refractivity contribution in [1.82, 2.24) is 0 Å². The Morgan fingerprint density at radius 3 is 1.38 bits per heavy atom. The number of halogens is 1. The zero-order chi connectivity index (χ0) is 23.2. The van der Waals surface area contributed by atoms with Gasteiger partial charge in [0.2, 0.25) is 0 Å². The quantitative estimate of drug-likeness (QED) is 0.198.